The van der Waals surface area contributed by atoms with Gasteiger partial charge in [-0.15, -0.1) is 0 Å². The molecular weight excluding hydrogens is 436 g/mol. The molecule has 0 aliphatic heterocycles. The third-order valence-electron chi connectivity index (χ3n) is 6.93. The van der Waals surface area contributed by atoms with Gasteiger partial charge in [-0.05, 0) is 62.8 Å². The number of methoxy groups -OCH3 is 1. The second kappa shape index (κ2) is 9.79. The summed E-state index contributed by atoms with van der Waals surface area (Å²) in [5, 5.41) is 2.93. The number of alkyl halides is 2. The molecule has 1 amide bonds. The molecule has 4 rings (SSSR count). The van der Waals surface area contributed by atoms with Crippen LogP contribution in [0.4, 0.5) is 23.2 Å². The Hall–Kier alpha value is -2.48. The van der Waals surface area contributed by atoms with Gasteiger partial charge in [-0.2, -0.15) is 0 Å². The maximum absolute atomic E-state index is 14.7. The van der Waals surface area contributed by atoms with Gasteiger partial charge in [0.15, 0.2) is 0 Å². The molecule has 1 N–H and O–H groups in total. The highest BCUT2D eigenvalue weighted by Gasteiger charge is 2.37. The predicted octanol–water partition coefficient (Wildman–Crippen LogP) is 6.46. The van der Waals surface area contributed by atoms with E-state index in [-0.39, 0.29) is 60.8 Å². The average Bonchev–Trinajstić information content (AvgIpc) is 2.81. The molecule has 0 atom stereocenters. The molecule has 1 heterocycles. The normalized spacial score (nSPS) is 23.3. The number of carbonyl (C=O) groups excluding carboxylic acids is 1. The van der Waals surface area contributed by atoms with Gasteiger partial charge in [0.25, 0.3) is 0 Å². The van der Waals surface area contributed by atoms with E-state index in [1.165, 1.54) is 12.3 Å². The molecule has 0 unspecified atom stereocenters. The number of hydrogen-bond donors (Lipinski definition) is 1. The number of ether oxygens (including phenoxy) is 1. The van der Waals surface area contributed by atoms with Gasteiger partial charge >= 0.3 is 0 Å². The van der Waals surface area contributed by atoms with Gasteiger partial charge in [0.2, 0.25) is 11.8 Å². The number of halogens is 4. The Morgan fingerprint density at radius 3 is 2.39 bits per heavy atom. The number of nitrogens with one attached hydrogen (secondary N) is 1. The van der Waals surface area contributed by atoms with E-state index in [0.717, 1.165) is 31.0 Å². The number of anilines is 1. The summed E-state index contributed by atoms with van der Waals surface area (Å²) >= 11 is 0. The summed E-state index contributed by atoms with van der Waals surface area (Å²) in [6.45, 7) is 0. The topological polar surface area (TPSA) is 51.2 Å². The first-order valence-corrected chi connectivity index (χ1v) is 11.4. The Morgan fingerprint density at radius 1 is 1.03 bits per heavy atom. The van der Waals surface area contributed by atoms with Crippen molar-refractivity contribution in [2.45, 2.75) is 69.3 Å². The van der Waals surface area contributed by atoms with Crippen LogP contribution in [0.5, 0.6) is 0 Å². The number of amides is 1. The lowest BCUT2D eigenvalue weighted by Gasteiger charge is -2.30. The molecule has 1 aromatic heterocycles. The van der Waals surface area contributed by atoms with Crippen molar-refractivity contribution in [1.29, 1.82) is 0 Å². The van der Waals surface area contributed by atoms with Crippen molar-refractivity contribution in [2.75, 3.05) is 12.4 Å². The highest BCUT2D eigenvalue weighted by Crippen LogP contribution is 2.44. The van der Waals surface area contributed by atoms with Crippen molar-refractivity contribution in [3.8, 4) is 11.1 Å². The molecule has 178 valence electrons. The number of rotatable bonds is 5. The number of carbonyl (C=O) groups is 1. The van der Waals surface area contributed by atoms with Crippen LogP contribution in [0.15, 0.2) is 30.5 Å². The average molecular weight is 465 g/mol. The van der Waals surface area contributed by atoms with E-state index in [0.29, 0.717) is 24.1 Å². The van der Waals surface area contributed by atoms with Crippen LogP contribution < -0.4 is 5.32 Å². The van der Waals surface area contributed by atoms with Gasteiger partial charge in [-0.25, -0.2) is 17.6 Å². The van der Waals surface area contributed by atoms with Crippen LogP contribution in [0.25, 0.3) is 11.1 Å². The molecule has 33 heavy (non-hydrogen) atoms. The number of pyridine rings is 1. The number of benzene rings is 1. The molecule has 2 fully saturated rings. The van der Waals surface area contributed by atoms with E-state index >= 15 is 0 Å². The van der Waals surface area contributed by atoms with Crippen molar-refractivity contribution < 1.29 is 27.1 Å². The number of aromatic nitrogens is 1. The van der Waals surface area contributed by atoms with Gasteiger partial charge in [0.05, 0.1) is 17.5 Å². The first-order valence-electron chi connectivity index (χ1n) is 11.4. The highest BCUT2D eigenvalue weighted by molar-refractivity contribution is 5.97. The summed E-state index contributed by atoms with van der Waals surface area (Å²) in [6, 6.07) is 4.65. The van der Waals surface area contributed by atoms with E-state index in [9.17, 15) is 22.4 Å². The van der Waals surface area contributed by atoms with Gasteiger partial charge in [-0.3, -0.25) is 9.78 Å². The maximum Gasteiger partial charge on any atom is 0.248 e. The molecule has 2 aromatic rings. The Bertz CT molecular complexity index is 996. The number of nitrogens with zero attached hydrogens (tertiary/aromatic N) is 1. The minimum absolute atomic E-state index is 0.00168. The quantitative estimate of drug-likeness (QED) is 0.517. The van der Waals surface area contributed by atoms with Gasteiger partial charge < -0.3 is 10.1 Å². The standard InChI is InChI=1S/C25H28F4N2O2/c1-33-18-5-2-16(3-6-18)24(32)31-23-19(20-14-17(26)4-7-21(20)27)10-13-30-22(23)15-8-11-25(28,29)12-9-15/h4,7,10,13-16,18H,2-3,5-6,8-9,11-12H2,1H3,(H,31,32). The largest absolute Gasteiger partial charge is 0.381 e. The molecular formula is C25H28F4N2O2. The molecule has 0 spiro atoms. The molecule has 0 bridgehead atoms. The van der Waals surface area contributed by atoms with Crippen molar-refractivity contribution >= 4 is 11.6 Å². The van der Waals surface area contributed by atoms with Gasteiger partial charge in [0, 0.05) is 49.1 Å². The van der Waals surface area contributed by atoms with Gasteiger partial charge in [0.1, 0.15) is 11.6 Å². The summed E-state index contributed by atoms with van der Waals surface area (Å²) < 4.78 is 61.5. The molecule has 0 saturated heterocycles. The van der Waals surface area contributed by atoms with E-state index in [1.807, 2.05) is 0 Å². The SMILES string of the molecule is COC1CCC(C(=O)Nc2c(-c3cc(F)ccc3F)ccnc2C2CCC(F)(F)CC2)CC1. The fraction of sp³-hybridized carbons (Fsp3) is 0.520. The van der Waals surface area contributed by atoms with Crippen LogP contribution in [0.3, 0.4) is 0 Å². The smallest absolute Gasteiger partial charge is 0.248 e. The Balaban J connectivity index is 1.69. The van der Waals surface area contributed by atoms with E-state index in [4.69, 9.17) is 4.74 Å². The van der Waals surface area contributed by atoms with Crippen molar-refractivity contribution in [1.82, 2.24) is 4.98 Å². The summed E-state index contributed by atoms with van der Waals surface area (Å²) in [4.78, 5) is 17.6. The summed E-state index contributed by atoms with van der Waals surface area (Å²) in [5.74, 6) is -4.74. The van der Waals surface area contributed by atoms with Crippen LogP contribution in [0.1, 0.15) is 63.0 Å². The van der Waals surface area contributed by atoms with Crippen LogP contribution in [-0.2, 0) is 9.53 Å². The molecule has 8 heteroatoms. The molecule has 2 saturated carbocycles. The summed E-state index contributed by atoms with van der Waals surface area (Å²) in [7, 11) is 1.65. The van der Waals surface area contributed by atoms with Crippen LogP contribution >= 0.6 is 0 Å². The number of hydrogen-bond acceptors (Lipinski definition) is 3. The zero-order valence-corrected chi connectivity index (χ0v) is 18.6. The zero-order valence-electron chi connectivity index (χ0n) is 18.6. The van der Waals surface area contributed by atoms with Crippen molar-refractivity contribution in [3.05, 3.63) is 47.8 Å². The Labute approximate surface area is 190 Å². The zero-order chi connectivity index (χ0) is 23.6. The lowest BCUT2D eigenvalue weighted by molar-refractivity contribution is -0.121. The monoisotopic (exact) mass is 464 g/mol. The van der Waals surface area contributed by atoms with Crippen LogP contribution in [0.2, 0.25) is 0 Å². The summed E-state index contributed by atoms with van der Waals surface area (Å²) in [5.41, 5.74) is 1.04. The molecule has 4 nitrogen and oxygen atoms in total. The van der Waals surface area contributed by atoms with Crippen molar-refractivity contribution in [2.24, 2.45) is 5.92 Å². The second-order valence-electron chi connectivity index (χ2n) is 9.07. The fourth-order valence-corrected chi connectivity index (χ4v) is 4.95. The Morgan fingerprint density at radius 2 is 1.73 bits per heavy atom. The fourth-order valence-electron chi connectivity index (χ4n) is 4.95. The van der Waals surface area contributed by atoms with E-state index in [2.05, 4.69) is 10.3 Å². The lowest BCUT2D eigenvalue weighted by Crippen LogP contribution is -2.30. The molecule has 2 aliphatic rings. The van der Waals surface area contributed by atoms with Crippen LogP contribution in [0, 0.1) is 17.6 Å². The molecule has 0 radical (unpaired) electrons. The maximum atomic E-state index is 14.7. The Kier molecular flexibility index (Phi) is 7.02. The van der Waals surface area contributed by atoms with E-state index < -0.39 is 17.6 Å². The second-order valence-corrected chi connectivity index (χ2v) is 9.07. The van der Waals surface area contributed by atoms with E-state index in [1.54, 1.807) is 7.11 Å². The summed E-state index contributed by atoms with van der Waals surface area (Å²) in [6.07, 6.45) is 4.28. The van der Waals surface area contributed by atoms with Crippen molar-refractivity contribution in [3.63, 3.8) is 0 Å². The minimum atomic E-state index is -2.72. The molecule has 2 aliphatic carbocycles. The highest BCUT2D eigenvalue weighted by atomic mass is 19.3. The lowest BCUT2D eigenvalue weighted by atomic mass is 9.82. The first-order chi connectivity index (χ1) is 15.8. The van der Waals surface area contributed by atoms with Gasteiger partial charge in [-0.1, -0.05) is 0 Å². The first kappa shape index (κ1) is 23.7. The third kappa shape index (κ3) is 5.37. The minimum Gasteiger partial charge on any atom is -0.381 e. The predicted molar refractivity (Wildman–Crippen MR) is 117 cm³/mol. The molecule has 1 aromatic carbocycles. The van der Waals surface area contributed by atoms with Crippen LogP contribution in [-0.4, -0.2) is 30.0 Å². The third-order valence-corrected chi connectivity index (χ3v) is 6.93.